The molecule has 0 spiro atoms. The van der Waals surface area contributed by atoms with E-state index >= 15 is 0 Å². The van der Waals surface area contributed by atoms with E-state index in [1.807, 2.05) is 30.3 Å². The molecule has 1 N–H and O–H groups in total. The highest BCUT2D eigenvalue weighted by Gasteiger charge is 2.08. The topological polar surface area (TPSA) is 24.5 Å². The number of piperazine rings is 1. The van der Waals surface area contributed by atoms with E-state index in [4.69, 9.17) is 16.3 Å². The van der Waals surface area contributed by atoms with Crippen molar-refractivity contribution >= 4 is 22.4 Å². The fraction of sp³-hybridized carbons (Fsp3) is 0.474. The number of unbranched alkanes of at least 4 members (excludes halogenated alkanes) is 2. The monoisotopic (exact) mass is 332 g/mol. The van der Waals surface area contributed by atoms with E-state index in [0.717, 1.165) is 47.7 Å². The first-order valence-corrected chi connectivity index (χ1v) is 8.95. The van der Waals surface area contributed by atoms with Crippen LogP contribution in [-0.4, -0.2) is 44.2 Å². The van der Waals surface area contributed by atoms with Gasteiger partial charge in [-0.15, -0.1) is 0 Å². The van der Waals surface area contributed by atoms with Crippen LogP contribution in [0.5, 0.6) is 5.75 Å². The molecule has 3 nitrogen and oxygen atoms in total. The van der Waals surface area contributed by atoms with Crippen molar-refractivity contribution in [1.29, 1.82) is 0 Å². The van der Waals surface area contributed by atoms with Crippen LogP contribution in [0.15, 0.2) is 36.4 Å². The predicted molar refractivity (Wildman–Crippen MR) is 97.6 cm³/mol. The second kappa shape index (κ2) is 8.53. The fourth-order valence-electron chi connectivity index (χ4n) is 3.09. The molecule has 0 atom stereocenters. The van der Waals surface area contributed by atoms with Crippen LogP contribution in [0.4, 0.5) is 0 Å². The Morgan fingerprint density at radius 2 is 1.74 bits per heavy atom. The molecule has 4 heteroatoms. The van der Waals surface area contributed by atoms with Crippen LogP contribution in [0, 0.1) is 0 Å². The van der Waals surface area contributed by atoms with E-state index in [-0.39, 0.29) is 0 Å². The molecule has 0 unspecified atom stereocenters. The Hall–Kier alpha value is -1.29. The van der Waals surface area contributed by atoms with Crippen molar-refractivity contribution in [2.24, 2.45) is 0 Å². The molecule has 1 fully saturated rings. The Labute approximate surface area is 143 Å². The molecular formula is C19H25ClN2O. The molecule has 2 aromatic rings. The summed E-state index contributed by atoms with van der Waals surface area (Å²) in [4.78, 5) is 2.55. The fourth-order valence-corrected chi connectivity index (χ4v) is 3.32. The zero-order valence-electron chi connectivity index (χ0n) is 13.6. The number of ether oxygens (including phenoxy) is 1. The minimum absolute atomic E-state index is 0.771. The van der Waals surface area contributed by atoms with Gasteiger partial charge in [0.25, 0.3) is 0 Å². The third-order valence-corrected chi connectivity index (χ3v) is 4.75. The Morgan fingerprint density at radius 3 is 2.57 bits per heavy atom. The molecule has 0 aliphatic carbocycles. The van der Waals surface area contributed by atoms with Crippen LogP contribution in [0.2, 0.25) is 5.02 Å². The SMILES string of the molecule is Clc1ccc(OCCCCCN2CCNCC2)c2ccccc12. The van der Waals surface area contributed by atoms with Gasteiger partial charge in [0.2, 0.25) is 0 Å². The number of halogens is 1. The van der Waals surface area contributed by atoms with Crippen LogP contribution >= 0.6 is 11.6 Å². The number of nitrogens with zero attached hydrogens (tertiary/aromatic N) is 1. The zero-order chi connectivity index (χ0) is 15.9. The lowest BCUT2D eigenvalue weighted by Crippen LogP contribution is -2.43. The average molecular weight is 333 g/mol. The number of hydrogen-bond donors (Lipinski definition) is 1. The molecule has 23 heavy (non-hydrogen) atoms. The molecule has 3 rings (SSSR count). The molecule has 0 aromatic heterocycles. The summed E-state index contributed by atoms with van der Waals surface area (Å²) in [6, 6.07) is 12.0. The quantitative estimate of drug-likeness (QED) is 0.777. The summed E-state index contributed by atoms with van der Waals surface area (Å²) in [5.74, 6) is 0.937. The van der Waals surface area contributed by atoms with Gasteiger partial charge in [0.05, 0.1) is 6.61 Å². The predicted octanol–water partition coefficient (Wildman–Crippen LogP) is 3.95. The highest BCUT2D eigenvalue weighted by Crippen LogP contribution is 2.31. The third-order valence-electron chi connectivity index (χ3n) is 4.42. The largest absolute Gasteiger partial charge is 0.493 e. The summed E-state index contributed by atoms with van der Waals surface area (Å²) in [5.41, 5.74) is 0. The van der Waals surface area contributed by atoms with E-state index in [9.17, 15) is 0 Å². The van der Waals surface area contributed by atoms with Crippen LogP contribution in [0.3, 0.4) is 0 Å². The first-order chi connectivity index (χ1) is 11.3. The van der Waals surface area contributed by atoms with E-state index < -0.39 is 0 Å². The number of fused-ring (bicyclic) bond motifs is 1. The maximum atomic E-state index is 6.24. The van der Waals surface area contributed by atoms with E-state index in [2.05, 4.69) is 16.3 Å². The summed E-state index contributed by atoms with van der Waals surface area (Å²) < 4.78 is 5.98. The summed E-state index contributed by atoms with van der Waals surface area (Å²) in [6.45, 7) is 6.62. The van der Waals surface area contributed by atoms with Gasteiger partial charge in [-0.3, -0.25) is 0 Å². The number of hydrogen-bond acceptors (Lipinski definition) is 3. The van der Waals surface area contributed by atoms with Crippen LogP contribution < -0.4 is 10.1 Å². The number of nitrogens with one attached hydrogen (secondary N) is 1. The van der Waals surface area contributed by atoms with Crippen LogP contribution in [0.25, 0.3) is 10.8 Å². The van der Waals surface area contributed by atoms with Crippen molar-refractivity contribution < 1.29 is 4.74 Å². The van der Waals surface area contributed by atoms with E-state index in [1.54, 1.807) is 0 Å². The summed E-state index contributed by atoms with van der Waals surface area (Å²) in [6.07, 6.45) is 3.57. The van der Waals surface area contributed by atoms with Gasteiger partial charge in [-0.1, -0.05) is 35.9 Å². The Balaban J connectivity index is 1.41. The molecule has 2 aromatic carbocycles. The normalized spacial score (nSPS) is 15.9. The lowest BCUT2D eigenvalue weighted by atomic mass is 10.1. The van der Waals surface area contributed by atoms with E-state index in [1.165, 1.54) is 32.5 Å². The summed E-state index contributed by atoms with van der Waals surface area (Å²) >= 11 is 6.24. The maximum Gasteiger partial charge on any atom is 0.127 e. The molecule has 0 saturated carbocycles. The molecular weight excluding hydrogens is 308 g/mol. The van der Waals surface area contributed by atoms with Gasteiger partial charge in [-0.25, -0.2) is 0 Å². The van der Waals surface area contributed by atoms with Gasteiger partial charge in [0.15, 0.2) is 0 Å². The van der Waals surface area contributed by atoms with Gasteiger partial charge in [-0.2, -0.15) is 0 Å². The Bertz CT molecular complexity index is 626. The molecule has 0 amide bonds. The van der Waals surface area contributed by atoms with E-state index in [0.29, 0.717) is 0 Å². The van der Waals surface area contributed by atoms with Gasteiger partial charge < -0.3 is 15.0 Å². The van der Waals surface area contributed by atoms with Crippen molar-refractivity contribution in [3.05, 3.63) is 41.4 Å². The number of rotatable bonds is 7. The molecule has 1 heterocycles. The highest BCUT2D eigenvalue weighted by molar-refractivity contribution is 6.35. The lowest BCUT2D eigenvalue weighted by Gasteiger charge is -2.27. The van der Waals surface area contributed by atoms with Gasteiger partial charge >= 0.3 is 0 Å². The molecule has 0 radical (unpaired) electrons. The first kappa shape index (κ1) is 16.6. The molecule has 1 saturated heterocycles. The zero-order valence-corrected chi connectivity index (χ0v) is 14.3. The third kappa shape index (κ3) is 4.60. The van der Waals surface area contributed by atoms with Crippen LogP contribution in [0.1, 0.15) is 19.3 Å². The van der Waals surface area contributed by atoms with Gasteiger partial charge in [-0.05, 0) is 37.9 Å². The van der Waals surface area contributed by atoms with Gasteiger partial charge in [0.1, 0.15) is 5.75 Å². The summed E-state index contributed by atoms with van der Waals surface area (Å²) in [7, 11) is 0. The maximum absolute atomic E-state index is 6.24. The molecule has 1 aliphatic heterocycles. The van der Waals surface area contributed by atoms with Crippen molar-refractivity contribution in [3.8, 4) is 5.75 Å². The number of benzene rings is 2. The minimum Gasteiger partial charge on any atom is -0.493 e. The standard InChI is InChI=1S/C19H25ClN2O/c20-18-8-9-19(17-7-3-2-6-16(17)18)23-15-5-1-4-12-22-13-10-21-11-14-22/h2-3,6-9,21H,1,4-5,10-15H2. The molecule has 0 bridgehead atoms. The van der Waals surface area contributed by atoms with Crippen molar-refractivity contribution in [1.82, 2.24) is 10.2 Å². The van der Waals surface area contributed by atoms with Crippen molar-refractivity contribution in [2.45, 2.75) is 19.3 Å². The Kier molecular flexibility index (Phi) is 6.14. The lowest BCUT2D eigenvalue weighted by molar-refractivity contribution is 0.232. The first-order valence-electron chi connectivity index (χ1n) is 8.58. The second-order valence-electron chi connectivity index (χ2n) is 6.09. The van der Waals surface area contributed by atoms with Crippen molar-refractivity contribution in [3.63, 3.8) is 0 Å². The smallest absolute Gasteiger partial charge is 0.127 e. The van der Waals surface area contributed by atoms with Gasteiger partial charge in [0, 0.05) is 42.0 Å². The minimum atomic E-state index is 0.771. The second-order valence-corrected chi connectivity index (χ2v) is 6.50. The van der Waals surface area contributed by atoms with Crippen LogP contribution in [-0.2, 0) is 0 Å². The molecule has 124 valence electrons. The Morgan fingerprint density at radius 1 is 0.957 bits per heavy atom. The molecule has 1 aliphatic rings. The summed E-state index contributed by atoms with van der Waals surface area (Å²) in [5, 5.41) is 6.33. The highest BCUT2D eigenvalue weighted by atomic mass is 35.5. The average Bonchev–Trinajstić information content (AvgIpc) is 2.61. The van der Waals surface area contributed by atoms with Crippen molar-refractivity contribution in [2.75, 3.05) is 39.3 Å².